The Bertz CT molecular complexity index is 2800. The number of nitrogens with zero attached hydrogens (tertiary/aromatic N) is 6. The highest BCUT2D eigenvalue weighted by atomic mass is 32.2. The van der Waals surface area contributed by atoms with E-state index in [2.05, 4.69) is 20.8 Å². The largest absolute Gasteiger partial charge is 0.494 e. The van der Waals surface area contributed by atoms with E-state index in [4.69, 9.17) is 25.8 Å². The van der Waals surface area contributed by atoms with Crippen molar-refractivity contribution in [2.75, 3.05) is 52.8 Å². The molecule has 0 saturated carbocycles. The lowest BCUT2D eigenvalue weighted by atomic mass is 9.96. The Balaban J connectivity index is 0.971. The second-order valence-electron chi connectivity index (χ2n) is 17.0. The van der Waals surface area contributed by atoms with Crippen molar-refractivity contribution >= 4 is 43.2 Å². The second-order valence-corrected chi connectivity index (χ2v) is 19.0. The van der Waals surface area contributed by atoms with E-state index in [-0.39, 0.29) is 23.0 Å². The first-order valence-electron chi connectivity index (χ1n) is 21.8. The number of fused-ring (bicyclic) bond motifs is 3. The van der Waals surface area contributed by atoms with Crippen molar-refractivity contribution < 1.29 is 32.5 Å². The molecule has 3 aromatic heterocycles. The summed E-state index contributed by atoms with van der Waals surface area (Å²) < 4.78 is 47.8. The first kappa shape index (κ1) is 46.1. The van der Waals surface area contributed by atoms with Crippen LogP contribution in [0.3, 0.4) is 0 Å². The van der Waals surface area contributed by atoms with Crippen LogP contribution in [0.2, 0.25) is 0 Å². The summed E-state index contributed by atoms with van der Waals surface area (Å²) in [4.78, 5) is 42.2. The third-order valence-electron chi connectivity index (χ3n) is 11.7. The number of aryl methyl sites for hydroxylation is 2. The van der Waals surface area contributed by atoms with Crippen LogP contribution >= 0.6 is 0 Å². The van der Waals surface area contributed by atoms with Crippen LogP contribution in [-0.2, 0) is 32.3 Å². The van der Waals surface area contributed by atoms with Crippen LogP contribution in [0, 0.1) is 13.5 Å². The molecule has 3 aromatic carbocycles. The van der Waals surface area contributed by atoms with Crippen LogP contribution in [0.15, 0.2) is 94.9 Å². The van der Waals surface area contributed by atoms with Crippen molar-refractivity contribution in [3.8, 4) is 22.8 Å². The van der Waals surface area contributed by atoms with Crippen molar-refractivity contribution in [2.24, 2.45) is 0 Å². The minimum absolute atomic E-state index is 0.000478. The van der Waals surface area contributed by atoms with Gasteiger partial charge in [0.25, 0.3) is 0 Å². The summed E-state index contributed by atoms with van der Waals surface area (Å²) in [6, 6.07) is 20.9. The lowest BCUT2D eigenvalue weighted by molar-refractivity contribution is -0.133. The molecule has 6 aromatic rings. The highest BCUT2D eigenvalue weighted by Crippen LogP contribution is 2.33. The van der Waals surface area contributed by atoms with Gasteiger partial charge in [-0.25, -0.2) is 23.0 Å². The second kappa shape index (κ2) is 20.3. The van der Waals surface area contributed by atoms with Crippen molar-refractivity contribution in [1.29, 1.82) is 0 Å². The molecule has 1 fully saturated rings. The molecule has 336 valence electrons. The van der Waals surface area contributed by atoms with Crippen LogP contribution in [0.25, 0.3) is 37.9 Å². The smallest absolute Gasteiger partial charge is 0.329 e. The fourth-order valence-corrected chi connectivity index (χ4v) is 9.78. The average molecular weight is 889 g/mol. The monoisotopic (exact) mass is 888 g/mol. The highest BCUT2D eigenvalue weighted by Gasteiger charge is 2.36. The summed E-state index contributed by atoms with van der Waals surface area (Å²) in [5.74, 6) is -0.334. The first-order valence-corrected chi connectivity index (χ1v) is 23.4. The van der Waals surface area contributed by atoms with E-state index < -0.39 is 27.0 Å². The number of carbonyl (C=O) groups excluding carboxylic acids is 1. The number of aromatic nitrogens is 4. The maximum Gasteiger partial charge on any atom is 0.329 e. The van der Waals surface area contributed by atoms with Gasteiger partial charge in [0.2, 0.25) is 5.88 Å². The van der Waals surface area contributed by atoms with Crippen LogP contribution in [0.4, 0.5) is 5.69 Å². The lowest BCUT2D eigenvalue weighted by Crippen LogP contribution is -2.43. The molecule has 0 radical (unpaired) electrons. The maximum atomic E-state index is 14.3. The van der Waals surface area contributed by atoms with E-state index in [1.54, 1.807) is 37.3 Å². The summed E-state index contributed by atoms with van der Waals surface area (Å²) in [6.07, 6.45) is 8.08. The lowest BCUT2D eigenvalue weighted by Gasteiger charge is -2.23. The molecule has 1 saturated heterocycles. The van der Waals surface area contributed by atoms with Gasteiger partial charge in [0.15, 0.2) is 21.3 Å². The number of sulfone groups is 1. The minimum atomic E-state index is -4.02. The summed E-state index contributed by atoms with van der Waals surface area (Å²) in [6.45, 7) is 13.8. The number of hydrogen-bond acceptors (Lipinski definition) is 11. The van der Waals surface area contributed by atoms with Crippen molar-refractivity contribution in [3.63, 3.8) is 0 Å². The maximum absolute atomic E-state index is 14.3. The van der Waals surface area contributed by atoms with Crippen LogP contribution in [-0.4, -0.2) is 102 Å². The molecule has 1 atom stereocenters. The molecule has 4 heterocycles. The van der Waals surface area contributed by atoms with Crippen molar-refractivity contribution in [1.82, 2.24) is 24.0 Å². The molecule has 0 bridgehead atoms. The predicted octanol–water partition coefficient (Wildman–Crippen LogP) is 7.54. The third-order valence-corrected chi connectivity index (χ3v) is 13.6. The molecular formula is C49H56N6O8S. The molecule has 0 unspecified atom stereocenters. The molecular weight excluding hydrogens is 833 g/mol. The molecule has 0 aliphatic carbocycles. The number of rotatable bonds is 20. The van der Waals surface area contributed by atoms with E-state index in [1.807, 2.05) is 59.9 Å². The number of aliphatic hydroxyl groups is 1. The van der Waals surface area contributed by atoms with Crippen LogP contribution in [0.5, 0.6) is 11.6 Å². The van der Waals surface area contributed by atoms with Gasteiger partial charge in [-0.3, -0.25) is 18.9 Å². The van der Waals surface area contributed by atoms with Crippen LogP contribution < -0.4 is 15.2 Å². The standard InChI is InChI=1S/C49H56N6O8S/c1-34-28-35(10-17-42(34)50-3)29-45(56)49(2,58)33-64(59,60)40-15-13-39(14-16-40)62-24-8-6-7-23-54-44-32-51-43-18-11-36(37-12-19-46(52-31-37)63-25-9-22-53(4)5)30-41(43)47(44)55(48(54)57)38-20-26-61-27-21-38/h10-19,28,30-32,38,58H,6-9,20-27,29,33H2,1-2,4-5H3/t49-/m0/s1. The molecule has 7 rings (SSSR count). The summed E-state index contributed by atoms with van der Waals surface area (Å²) >= 11 is 0. The van der Waals surface area contributed by atoms with Gasteiger partial charge < -0.3 is 24.2 Å². The van der Waals surface area contributed by atoms with Gasteiger partial charge in [-0.15, -0.1) is 0 Å². The predicted molar refractivity (Wildman–Crippen MR) is 247 cm³/mol. The molecule has 1 aliphatic rings. The Morgan fingerprint density at radius 3 is 2.39 bits per heavy atom. The average Bonchev–Trinajstić information content (AvgIpc) is 3.57. The Labute approximate surface area is 374 Å². The molecule has 0 amide bonds. The number of benzene rings is 3. The number of Topliss-reactive ketones (excluding diaryl/α,β-unsaturated/α-hetero) is 1. The Hall–Kier alpha value is -5.92. The third kappa shape index (κ3) is 10.9. The zero-order chi connectivity index (χ0) is 45.4. The highest BCUT2D eigenvalue weighted by molar-refractivity contribution is 7.91. The van der Waals surface area contributed by atoms with E-state index in [1.165, 1.54) is 19.1 Å². The fraction of sp³-hybridized carbons (Fsp3) is 0.408. The molecule has 14 nitrogen and oxygen atoms in total. The SMILES string of the molecule is [C-]#[N+]c1ccc(CC(=O)[C@@](C)(O)CS(=O)(=O)c2ccc(OCCCCCn3c(=O)n(C4CCOCC4)c4c5cc(-c6ccc(OCCCN(C)C)nc6)ccc5ncc43)cc2)cc1C. The van der Waals surface area contributed by atoms with Gasteiger partial charge in [-0.2, -0.15) is 0 Å². The summed E-state index contributed by atoms with van der Waals surface area (Å²) in [7, 11) is 0.0535. The number of carbonyl (C=O) groups is 1. The molecule has 1 N–H and O–H groups in total. The number of ketones is 1. The number of unbranched alkanes of at least 4 members (excludes halogenated alkanes) is 2. The van der Waals surface area contributed by atoms with Gasteiger partial charge in [-0.05, 0) is 126 Å². The number of pyridine rings is 2. The van der Waals surface area contributed by atoms with E-state index in [0.717, 1.165) is 71.7 Å². The van der Waals surface area contributed by atoms with Gasteiger partial charge in [0, 0.05) is 62.0 Å². The van der Waals surface area contributed by atoms with Crippen molar-refractivity contribution in [2.45, 2.75) is 81.9 Å². The molecule has 15 heteroatoms. The van der Waals surface area contributed by atoms with E-state index in [9.17, 15) is 23.1 Å². The zero-order valence-corrected chi connectivity index (χ0v) is 37.8. The quantitative estimate of drug-likeness (QED) is 0.0596. The van der Waals surface area contributed by atoms with Gasteiger partial charge >= 0.3 is 5.69 Å². The molecule has 64 heavy (non-hydrogen) atoms. The summed E-state index contributed by atoms with van der Waals surface area (Å²) in [5, 5.41) is 11.9. The van der Waals surface area contributed by atoms with Gasteiger partial charge in [-0.1, -0.05) is 24.3 Å². The number of imidazole rings is 1. The van der Waals surface area contributed by atoms with E-state index in [0.29, 0.717) is 67.8 Å². The Morgan fingerprint density at radius 1 is 0.938 bits per heavy atom. The van der Waals surface area contributed by atoms with Gasteiger partial charge in [0.05, 0.1) is 53.2 Å². The topological polar surface area (TPSA) is 159 Å². The summed E-state index contributed by atoms with van der Waals surface area (Å²) in [5.41, 5.74) is 3.97. The number of ether oxygens (including phenoxy) is 3. The normalized spacial score (nSPS) is 14.5. The molecule has 1 aliphatic heterocycles. The molecule has 0 spiro atoms. The minimum Gasteiger partial charge on any atom is -0.494 e. The fourth-order valence-electron chi connectivity index (χ4n) is 8.16. The Kier molecular flexibility index (Phi) is 14.6. The van der Waals surface area contributed by atoms with Crippen LogP contribution in [0.1, 0.15) is 62.6 Å². The van der Waals surface area contributed by atoms with E-state index >= 15 is 0 Å². The van der Waals surface area contributed by atoms with Gasteiger partial charge in [0.1, 0.15) is 11.4 Å². The van der Waals surface area contributed by atoms with Crippen molar-refractivity contribution in [3.05, 3.63) is 118 Å². The zero-order valence-electron chi connectivity index (χ0n) is 37.0. The Morgan fingerprint density at radius 2 is 1.69 bits per heavy atom. The first-order chi connectivity index (χ1) is 30.7. The number of hydrogen-bond donors (Lipinski definition) is 1.